The number of hydrogen-bond acceptors (Lipinski definition) is 3. The van der Waals surface area contributed by atoms with E-state index in [0.29, 0.717) is 6.61 Å². The van der Waals surface area contributed by atoms with Gasteiger partial charge in [-0.25, -0.2) is 0 Å². The van der Waals surface area contributed by atoms with E-state index >= 15 is 0 Å². The molecule has 33 heavy (non-hydrogen) atoms. The fraction of sp³-hybridized carbons (Fsp3) is 0.483. The second-order valence-corrected chi connectivity index (χ2v) is 14.1. The summed E-state index contributed by atoms with van der Waals surface area (Å²) in [7, 11) is -1.58. The molecule has 4 heteroatoms. The molecule has 1 aliphatic rings. The molecule has 2 aromatic rings. The SMILES string of the molecule is CCOC(=O)C1(c2ccccc2C#C[Si](CC)(CC)CC)CCN(Cc2ccccc2)CC1. The van der Waals surface area contributed by atoms with Gasteiger partial charge in [-0.3, -0.25) is 9.69 Å². The average molecular weight is 462 g/mol. The van der Waals surface area contributed by atoms with Crippen LogP contribution in [-0.2, 0) is 21.5 Å². The maximum Gasteiger partial charge on any atom is 0.316 e. The van der Waals surface area contributed by atoms with Gasteiger partial charge in [-0.1, -0.05) is 75.2 Å². The number of piperidine rings is 1. The second-order valence-electron chi connectivity index (χ2n) is 9.20. The molecule has 1 aliphatic heterocycles. The first-order valence-corrected chi connectivity index (χ1v) is 15.2. The topological polar surface area (TPSA) is 29.5 Å². The Hall–Kier alpha value is -2.35. The summed E-state index contributed by atoms with van der Waals surface area (Å²) in [5.41, 5.74) is 6.49. The van der Waals surface area contributed by atoms with Crippen molar-refractivity contribution >= 4 is 14.0 Å². The minimum atomic E-state index is -1.58. The van der Waals surface area contributed by atoms with Crippen molar-refractivity contribution in [2.75, 3.05) is 19.7 Å². The summed E-state index contributed by atoms with van der Waals surface area (Å²) in [4.78, 5) is 15.9. The minimum absolute atomic E-state index is 0.0939. The van der Waals surface area contributed by atoms with Gasteiger partial charge in [0.25, 0.3) is 0 Å². The van der Waals surface area contributed by atoms with Crippen molar-refractivity contribution < 1.29 is 9.53 Å². The predicted octanol–water partition coefficient (Wildman–Crippen LogP) is 6.18. The van der Waals surface area contributed by atoms with Gasteiger partial charge >= 0.3 is 5.97 Å². The summed E-state index contributed by atoms with van der Waals surface area (Å²) in [5, 5.41) is 0. The van der Waals surface area contributed by atoms with Gasteiger partial charge in [0.1, 0.15) is 8.07 Å². The Bertz CT molecular complexity index is 956. The van der Waals surface area contributed by atoms with Crippen molar-refractivity contribution in [3.8, 4) is 11.5 Å². The summed E-state index contributed by atoms with van der Waals surface area (Å²) in [6, 6.07) is 22.4. The first-order valence-electron chi connectivity index (χ1n) is 12.6. The van der Waals surface area contributed by atoms with Crippen LogP contribution in [0, 0.1) is 11.5 Å². The van der Waals surface area contributed by atoms with Crippen molar-refractivity contribution in [1.29, 1.82) is 0 Å². The van der Waals surface area contributed by atoms with Crippen molar-refractivity contribution in [2.24, 2.45) is 0 Å². The maximum atomic E-state index is 13.4. The van der Waals surface area contributed by atoms with Gasteiger partial charge in [0, 0.05) is 12.1 Å². The van der Waals surface area contributed by atoms with E-state index in [1.165, 1.54) is 23.7 Å². The molecule has 0 unspecified atom stereocenters. The van der Waals surface area contributed by atoms with Crippen LogP contribution in [0.5, 0.6) is 0 Å². The van der Waals surface area contributed by atoms with Gasteiger partial charge in [0.15, 0.2) is 0 Å². The van der Waals surface area contributed by atoms with E-state index < -0.39 is 13.5 Å². The van der Waals surface area contributed by atoms with E-state index in [0.717, 1.165) is 43.6 Å². The van der Waals surface area contributed by atoms with Gasteiger partial charge in [-0.05, 0) is 68.2 Å². The number of hydrogen-bond donors (Lipinski definition) is 0. The lowest BCUT2D eigenvalue weighted by molar-refractivity contribution is -0.152. The Kier molecular flexibility index (Phi) is 8.94. The first kappa shape index (κ1) is 25.3. The quantitative estimate of drug-likeness (QED) is 0.267. The Morgan fingerprint density at radius 1 is 0.939 bits per heavy atom. The van der Waals surface area contributed by atoms with Crippen LogP contribution in [0.2, 0.25) is 18.1 Å². The number of rotatable bonds is 8. The van der Waals surface area contributed by atoms with E-state index in [2.05, 4.69) is 79.6 Å². The normalized spacial score (nSPS) is 16.0. The number of nitrogens with zero attached hydrogens (tertiary/aromatic N) is 1. The van der Waals surface area contributed by atoms with Crippen LogP contribution in [0.15, 0.2) is 54.6 Å². The Labute approximate surface area is 201 Å². The zero-order valence-corrected chi connectivity index (χ0v) is 21.8. The highest BCUT2D eigenvalue weighted by Crippen LogP contribution is 2.39. The molecule has 2 aromatic carbocycles. The fourth-order valence-electron chi connectivity index (χ4n) is 5.01. The monoisotopic (exact) mass is 461 g/mol. The third kappa shape index (κ3) is 5.77. The Balaban J connectivity index is 1.93. The molecule has 0 amide bonds. The van der Waals surface area contributed by atoms with E-state index in [4.69, 9.17) is 4.74 Å². The largest absolute Gasteiger partial charge is 0.465 e. The number of carbonyl (C=O) groups is 1. The summed E-state index contributed by atoms with van der Waals surface area (Å²) in [6.45, 7) is 11.8. The predicted molar refractivity (Wildman–Crippen MR) is 140 cm³/mol. The molecule has 0 aliphatic carbocycles. The van der Waals surface area contributed by atoms with E-state index in [1.807, 2.05) is 19.1 Å². The van der Waals surface area contributed by atoms with Crippen LogP contribution in [0.1, 0.15) is 57.2 Å². The Morgan fingerprint density at radius 2 is 1.55 bits per heavy atom. The van der Waals surface area contributed by atoms with E-state index in [9.17, 15) is 4.79 Å². The number of carbonyl (C=O) groups excluding carboxylic acids is 1. The van der Waals surface area contributed by atoms with Gasteiger partial charge < -0.3 is 4.74 Å². The molecule has 0 radical (unpaired) electrons. The lowest BCUT2D eigenvalue weighted by atomic mass is 9.71. The molecule has 0 saturated carbocycles. The van der Waals surface area contributed by atoms with Crippen LogP contribution >= 0.6 is 0 Å². The molecule has 3 nitrogen and oxygen atoms in total. The molecule has 1 heterocycles. The number of likely N-dealkylation sites (tertiary alicyclic amines) is 1. The highest BCUT2D eigenvalue weighted by Gasteiger charge is 2.45. The van der Waals surface area contributed by atoms with Gasteiger partial charge in [0.2, 0.25) is 0 Å². The zero-order valence-electron chi connectivity index (χ0n) is 20.8. The first-order chi connectivity index (χ1) is 16.0. The standard InChI is InChI=1S/C29H39NO2Si/c1-5-32-28(31)29(19-21-30(22-20-29)24-25-14-10-9-11-15-25)27-17-13-12-16-26(27)18-23-33(6-2,7-3)8-4/h9-17H,5-8,19-22,24H2,1-4H3. The van der Waals surface area contributed by atoms with Gasteiger partial charge in [-0.15, -0.1) is 5.54 Å². The third-order valence-corrected chi connectivity index (χ3v) is 12.3. The van der Waals surface area contributed by atoms with Crippen molar-refractivity contribution in [3.63, 3.8) is 0 Å². The molecule has 1 fully saturated rings. The van der Waals surface area contributed by atoms with Crippen LogP contribution in [0.4, 0.5) is 0 Å². The lowest BCUT2D eigenvalue weighted by Gasteiger charge is -2.40. The second kappa shape index (κ2) is 11.7. The fourth-order valence-corrected chi connectivity index (χ4v) is 7.44. The number of esters is 1. The molecule has 0 aromatic heterocycles. The van der Waals surface area contributed by atoms with Crippen LogP contribution < -0.4 is 0 Å². The van der Waals surface area contributed by atoms with Crippen LogP contribution in [0.25, 0.3) is 0 Å². The highest BCUT2D eigenvalue weighted by molar-refractivity contribution is 6.87. The summed E-state index contributed by atoms with van der Waals surface area (Å²) < 4.78 is 5.66. The average Bonchev–Trinajstić information content (AvgIpc) is 2.87. The molecule has 0 N–H and O–H groups in total. The van der Waals surface area contributed by atoms with E-state index in [-0.39, 0.29) is 5.97 Å². The molecule has 176 valence electrons. The minimum Gasteiger partial charge on any atom is -0.465 e. The summed E-state index contributed by atoms with van der Waals surface area (Å²) >= 11 is 0. The molecule has 3 rings (SSSR count). The molecule has 1 saturated heterocycles. The zero-order chi connectivity index (χ0) is 23.7. The van der Waals surface area contributed by atoms with Gasteiger partial charge in [0.05, 0.1) is 12.0 Å². The van der Waals surface area contributed by atoms with Crippen molar-refractivity contribution in [1.82, 2.24) is 4.90 Å². The van der Waals surface area contributed by atoms with Crippen LogP contribution in [-0.4, -0.2) is 38.6 Å². The molecular formula is C29H39NO2Si. The summed E-state index contributed by atoms with van der Waals surface area (Å²) in [6.07, 6.45) is 1.52. The number of benzene rings is 2. The molecule has 0 bridgehead atoms. The third-order valence-electron chi connectivity index (χ3n) is 7.56. The van der Waals surface area contributed by atoms with Crippen molar-refractivity contribution in [3.05, 3.63) is 71.3 Å². The van der Waals surface area contributed by atoms with Gasteiger partial charge in [-0.2, -0.15) is 0 Å². The highest BCUT2D eigenvalue weighted by atomic mass is 28.3. The molecular weight excluding hydrogens is 422 g/mol. The van der Waals surface area contributed by atoms with E-state index in [1.54, 1.807) is 0 Å². The van der Waals surface area contributed by atoms with Crippen molar-refractivity contribution in [2.45, 2.75) is 70.6 Å². The lowest BCUT2D eigenvalue weighted by Crippen LogP contribution is -2.48. The molecule has 0 spiro atoms. The Morgan fingerprint density at radius 3 is 2.15 bits per heavy atom. The number of ether oxygens (including phenoxy) is 1. The molecule has 0 atom stereocenters. The van der Waals surface area contributed by atoms with Crippen LogP contribution in [0.3, 0.4) is 0 Å². The maximum absolute atomic E-state index is 13.4. The smallest absolute Gasteiger partial charge is 0.316 e. The summed E-state index contributed by atoms with van der Waals surface area (Å²) in [5.74, 6) is 3.47.